The smallest absolute Gasteiger partial charge is 0.273 e. The molecule has 4 fully saturated rings. The van der Waals surface area contributed by atoms with Gasteiger partial charge in [-0.05, 0) is 69.3 Å². The van der Waals surface area contributed by atoms with Gasteiger partial charge in [-0.2, -0.15) is 5.10 Å². The number of H-pyrrole nitrogens is 1. The van der Waals surface area contributed by atoms with Crippen molar-refractivity contribution < 1.29 is 4.79 Å². The summed E-state index contributed by atoms with van der Waals surface area (Å²) < 4.78 is 0. The van der Waals surface area contributed by atoms with Crippen molar-refractivity contribution in [1.82, 2.24) is 10.4 Å². The molecule has 1 aromatic carbocycles. The van der Waals surface area contributed by atoms with Gasteiger partial charge in [0.2, 0.25) is 0 Å². The Kier molecular flexibility index (Phi) is 3.31. The van der Waals surface area contributed by atoms with Crippen LogP contribution < -0.4 is 5.43 Å². The number of para-hydroxylation sites is 1. The summed E-state index contributed by atoms with van der Waals surface area (Å²) >= 11 is 0. The first-order chi connectivity index (χ1) is 12.1. The van der Waals surface area contributed by atoms with Gasteiger partial charge in [-0.1, -0.05) is 18.2 Å². The highest BCUT2D eigenvalue weighted by Gasteiger charge is 2.52. The minimum absolute atomic E-state index is 0.124. The number of nitrogens with one attached hydrogen (secondary N) is 2. The topological polar surface area (TPSA) is 57.2 Å². The van der Waals surface area contributed by atoms with E-state index in [1.807, 2.05) is 24.3 Å². The maximum absolute atomic E-state index is 12.6. The zero-order chi connectivity index (χ0) is 17.0. The Bertz CT molecular complexity index is 828. The summed E-state index contributed by atoms with van der Waals surface area (Å²) in [6.45, 7) is 2.13. The van der Waals surface area contributed by atoms with Crippen molar-refractivity contribution in [2.45, 2.75) is 45.4 Å². The second-order valence-corrected chi connectivity index (χ2v) is 8.58. The fraction of sp³-hybridized carbons (Fsp3) is 0.524. The van der Waals surface area contributed by atoms with Crippen molar-refractivity contribution in [1.29, 1.82) is 0 Å². The van der Waals surface area contributed by atoms with Crippen LogP contribution in [0.5, 0.6) is 0 Å². The van der Waals surface area contributed by atoms with E-state index >= 15 is 0 Å². The highest BCUT2D eigenvalue weighted by molar-refractivity contribution is 6.07. The molecule has 4 aliphatic rings. The predicted molar refractivity (Wildman–Crippen MR) is 99.5 cm³/mol. The Balaban J connectivity index is 1.37. The lowest BCUT2D eigenvalue weighted by Gasteiger charge is -2.56. The van der Waals surface area contributed by atoms with Crippen LogP contribution in [0.2, 0.25) is 0 Å². The Morgan fingerprint density at radius 3 is 2.44 bits per heavy atom. The Hall–Kier alpha value is -2.10. The third kappa shape index (κ3) is 2.42. The number of hydrogen-bond acceptors (Lipinski definition) is 2. The quantitative estimate of drug-likeness (QED) is 0.630. The Morgan fingerprint density at radius 1 is 1.12 bits per heavy atom. The molecule has 130 valence electrons. The van der Waals surface area contributed by atoms with Gasteiger partial charge in [0.25, 0.3) is 5.91 Å². The summed E-state index contributed by atoms with van der Waals surface area (Å²) in [5, 5.41) is 5.53. The van der Waals surface area contributed by atoms with Crippen molar-refractivity contribution in [2.75, 3.05) is 0 Å². The fourth-order valence-corrected chi connectivity index (χ4v) is 6.13. The standard InChI is InChI=1S/C21H25N3O/c1-13(21-9-14-6-15(10-21)8-16(7-14)11-21)23-24-20(25)18-12-22-19-5-3-2-4-17(18)19/h2-5,12,14-16,22H,6-11H2,1H3,(H,24,25)/b23-13-. The SMILES string of the molecule is C/C(=N/NC(=O)c1c[nH]c2ccccc12)C12CC3CC(CC(C3)C1)C2. The van der Waals surface area contributed by atoms with Crippen molar-refractivity contribution in [3.8, 4) is 0 Å². The van der Waals surface area contributed by atoms with Crippen LogP contribution >= 0.6 is 0 Å². The number of fused-ring (bicyclic) bond motifs is 1. The molecule has 0 aliphatic heterocycles. The highest BCUT2D eigenvalue weighted by atomic mass is 16.2. The first-order valence-corrected chi connectivity index (χ1v) is 9.54. The van der Waals surface area contributed by atoms with Crippen LogP contribution in [0, 0.1) is 23.2 Å². The van der Waals surface area contributed by atoms with Gasteiger partial charge in [0.1, 0.15) is 0 Å². The van der Waals surface area contributed by atoms with E-state index in [1.165, 1.54) is 38.5 Å². The molecule has 1 heterocycles. The molecule has 0 atom stereocenters. The molecule has 0 unspecified atom stereocenters. The summed E-state index contributed by atoms with van der Waals surface area (Å²) in [6, 6.07) is 7.87. The number of carbonyl (C=O) groups excluding carboxylic acids is 1. The molecule has 4 heteroatoms. The van der Waals surface area contributed by atoms with Gasteiger partial charge in [0.15, 0.2) is 0 Å². The van der Waals surface area contributed by atoms with E-state index < -0.39 is 0 Å². The second kappa shape index (κ2) is 5.45. The number of rotatable bonds is 3. The first kappa shape index (κ1) is 15.2. The minimum Gasteiger partial charge on any atom is -0.360 e. The molecular weight excluding hydrogens is 310 g/mol. The van der Waals surface area contributed by atoms with Gasteiger partial charge in [0, 0.05) is 28.2 Å². The van der Waals surface area contributed by atoms with E-state index in [0.717, 1.165) is 34.4 Å². The predicted octanol–water partition coefficient (Wildman–Crippen LogP) is 4.49. The maximum Gasteiger partial charge on any atom is 0.273 e. The number of aromatic amines is 1. The molecule has 2 N–H and O–H groups in total. The Labute approximate surface area is 148 Å². The molecular formula is C21H25N3O. The normalized spacial score (nSPS) is 33.8. The van der Waals surface area contributed by atoms with Gasteiger partial charge >= 0.3 is 0 Å². The molecule has 4 aliphatic carbocycles. The lowest BCUT2D eigenvalue weighted by Crippen LogP contribution is -2.49. The van der Waals surface area contributed by atoms with E-state index in [0.29, 0.717) is 5.56 Å². The third-order valence-electron chi connectivity index (χ3n) is 6.96. The van der Waals surface area contributed by atoms with Crippen LogP contribution in [0.1, 0.15) is 55.8 Å². The molecule has 0 spiro atoms. The monoisotopic (exact) mass is 335 g/mol. The maximum atomic E-state index is 12.6. The van der Waals surface area contributed by atoms with E-state index in [1.54, 1.807) is 6.20 Å². The molecule has 1 aromatic heterocycles. The van der Waals surface area contributed by atoms with Gasteiger partial charge in [-0.15, -0.1) is 0 Å². The number of nitrogens with zero attached hydrogens (tertiary/aromatic N) is 1. The number of aromatic nitrogens is 1. The number of carbonyl (C=O) groups is 1. The number of hydrazone groups is 1. The van der Waals surface area contributed by atoms with Crippen LogP contribution in [0.15, 0.2) is 35.6 Å². The van der Waals surface area contributed by atoms with Crippen LogP contribution in [0.25, 0.3) is 10.9 Å². The molecule has 4 bridgehead atoms. The minimum atomic E-state index is -0.124. The number of hydrogen-bond donors (Lipinski definition) is 2. The van der Waals surface area contributed by atoms with Crippen LogP contribution in [0.4, 0.5) is 0 Å². The molecule has 4 nitrogen and oxygen atoms in total. The van der Waals surface area contributed by atoms with E-state index in [4.69, 9.17) is 0 Å². The number of benzene rings is 1. The van der Waals surface area contributed by atoms with Crippen LogP contribution in [-0.2, 0) is 0 Å². The van der Waals surface area contributed by atoms with Gasteiger partial charge in [-0.25, -0.2) is 5.43 Å². The summed E-state index contributed by atoms with van der Waals surface area (Å²) in [6.07, 6.45) is 9.87. The molecule has 1 amide bonds. The average molecular weight is 335 g/mol. The zero-order valence-electron chi connectivity index (χ0n) is 14.7. The molecule has 6 rings (SSSR count). The molecule has 2 aromatic rings. The van der Waals surface area contributed by atoms with Crippen molar-refractivity contribution in [2.24, 2.45) is 28.3 Å². The van der Waals surface area contributed by atoms with Crippen molar-refractivity contribution in [3.63, 3.8) is 0 Å². The molecule has 0 saturated heterocycles. The first-order valence-electron chi connectivity index (χ1n) is 9.54. The second-order valence-electron chi connectivity index (χ2n) is 8.58. The van der Waals surface area contributed by atoms with Crippen LogP contribution in [-0.4, -0.2) is 16.6 Å². The largest absolute Gasteiger partial charge is 0.360 e. The summed E-state index contributed by atoms with van der Waals surface area (Å²) in [4.78, 5) is 15.8. The molecule has 0 radical (unpaired) electrons. The fourth-order valence-electron chi connectivity index (χ4n) is 6.13. The lowest BCUT2D eigenvalue weighted by molar-refractivity contribution is -0.0128. The Morgan fingerprint density at radius 2 is 1.76 bits per heavy atom. The van der Waals surface area contributed by atoms with Gasteiger partial charge < -0.3 is 4.98 Å². The van der Waals surface area contributed by atoms with E-state index in [9.17, 15) is 4.79 Å². The van der Waals surface area contributed by atoms with E-state index in [2.05, 4.69) is 22.4 Å². The van der Waals surface area contributed by atoms with Crippen molar-refractivity contribution >= 4 is 22.5 Å². The molecule has 25 heavy (non-hydrogen) atoms. The van der Waals surface area contributed by atoms with E-state index in [-0.39, 0.29) is 11.3 Å². The van der Waals surface area contributed by atoms with Gasteiger partial charge in [0.05, 0.1) is 5.56 Å². The van der Waals surface area contributed by atoms with Gasteiger partial charge in [-0.3, -0.25) is 4.79 Å². The van der Waals surface area contributed by atoms with Crippen LogP contribution in [0.3, 0.4) is 0 Å². The third-order valence-corrected chi connectivity index (χ3v) is 6.96. The average Bonchev–Trinajstić information content (AvgIpc) is 3.02. The number of amides is 1. The summed E-state index contributed by atoms with van der Waals surface area (Å²) in [5.41, 5.74) is 5.87. The van der Waals surface area contributed by atoms with Crippen molar-refractivity contribution in [3.05, 3.63) is 36.0 Å². The molecule has 4 saturated carbocycles. The highest BCUT2D eigenvalue weighted by Crippen LogP contribution is 2.60. The zero-order valence-corrected chi connectivity index (χ0v) is 14.7. The summed E-state index contributed by atoms with van der Waals surface area (Å²) in [7, 11) is 0. The summed E-state index contributed by atoms with van der Waals surface area (Å²) in [5.74, 6) is 2.55. The lowest BCUT2D eigenvalue weighted by atomic mass is 9.48.